The maximum atomic E-state index is 12.6. The summed E-state index contributed by atoms with van der Waals surface area (Å²) in [6.45, 7) is 2.95. The molecule has 0 radical (unpaired) electrons. The predicted molar refractivity (Wildman–Crippen MR) is 117 cm³/mol. The standard InChI is InChI=1S/C22H23N3O3S/c1-27-18-9-7-16(15-19(18)28-2)8-10-21(26)24-11-13-25(14-12-24)22-23-17-5-3-4-6-20(17)29-22/h3-10,15H,11-14H2,1-2H3/b10-8+. The lowest BCUT2D eigenvalue weighted by atomic mass is 10.2. The fourth-order valence-electron chi connectivity index (χ4n) is 3.34. The van der Waals surface area contributed by atoms with Crippen LogP contribution in [0.1, 0.15) is 5.56 Å². The Bertz CT molecular complexity index is 1010. The van der Waals surface area contributed by atoms with Gasteiger partial charge in [-0.25, -0.2) is 4.98 Å². The molecule has 6 nitrogen and oxygen atoms in total. The van der Waals surface area contributed by atoms with Crippen LogP contribution in [0.15, 0.2) is 48.5 Å². The number of fused-ring (bicyclic) bond motifs is 1. The zero-order chi connectivity index (χ0) is 20.2. The predicted octanol–water partition coefficient (Wildman–Crippen LogP) is 3.68. The molecule has 0 saturated carbocycles. The van der Waals surface area contributed by atoms with Crippen molar-refractivity contribution in [1.82, 2.24) is 9.88 Å². The Morgan fingerprint density at radius 1 is 1.03 bits per heavy atom. The highest BCUT2D eigenvalue weighted by molar-refractivity contribution is 7.22. The van der Waals surface area contributed by atoms with Crippen LogP contribution in [0.4, 0.5) is 5.13 Å². The first-order chi connectivity index (χ1) is 14.2. The number of aromatic nitrogens is 1. The van der Waals surface area contributed by atoms with Crippen LogP contribution in [0.25, 0.3) is 16.3 Å². The summed E-state index contributed by atoms with van der Waals surface area (Å²) < 4.78 is 11.7. The van der Waals surface area contributed by atoms with Gasteiger partial charge in [-0.3, -0.25) is 4.79 Å². The van der Waals surface area contributed by atoms with Crippen LogP contribution in [0.2, 0.25) is 0 Å². The number of nitrogens with zero attached hydrogens (tertiary/aromatic N) is 3. The molecule has 0 unspecified atom stereocenters. The number of rotatable bonds is 5. The number of benzene rings is 2. The first kappa shape index (κ1) is 19.3. The second-order valence-electron chi connectivity index (χ2n) is 6.72. The molecule has 4 rings (SSSR count). The van der Waals surface area contributed by atoms with Crippen LogP contribution >= 0.6 is 11.3 Å². The van der Waals surface area contributed by atoms with Crippen LogP contribution in [0.5, 0.6) is 11.5 Å². The van der Waals surface area contributed by atoms with Crippen LogP contribution < -0.4 is 14.4 Å². The summed E-state index contributed by atoms with van der Waals surface area (Å²) in [5, 5.41) is 1.03. The SMILES string of the molecule is COc1ccc(/C=C/C(=O)N2CCN(c3nc4ccccc4s3)CC2)cc1OC. The fraction of sp³-hybridized carbons (Fsp3) is 0.273. The number of anilines is 1. The minimum Gasteiger partial charge on any atom is -0.493 e. The van der Waals surface area contributed by atoms with Crippen molar-refractivity contribution in [3.05, 3.63) is 54.1 Å². The molecule has 0 atom stereocenters. The second-order valence-corrected chi connectivity index (χ2v) is 7.73. The number of amides is 1. The van der Waals surface area contributed by atoms with Gasteiger partial charge in [0.05, 0.1) is 24.4 Å². The van der Waals surface area contributed by atoms with E-state index in [1.165, 1.54) is 4.70 Å². The highest BCUT2D eigenvalue weighted by Crippen LogP contribution is 2.29. The maximum absolute atomic E-state index is 12.6. The highest BCUT2D eigenvalue weighted by Gasteiger charge is 2.21. The Morgan fingerprint density at radius 3 is 2.52 bits per heavy atom. The van der Waals surface area contributed by atoms with E-state index < -0.39 is 0 Å². The minimum atomic E-state index is 0.0173. The van der Waals surface area contributed by atoms with E-state index in [2.05, 4.69) is 11.0 Å². The van der Waals surface area contributed by atoms with E-state index >= 15 is 0 Å². The quantitative estimate of drug-likeness (QED) is 0.602. The van der Waals surface area contributed by atoms with Gasteiger partial charge in [-0.05, 0) is 35.9 Å². The van der Waals surface area contributed by atoms with Crippen LogP contribution in [-0.4, -0.2) is 56.2 Å². The average Bonchev–Trinajstić information content (AvgIpc) is 3.21. The molecule has 1 fully saturated rings. The summed E-state index contributed by atoms with van der Waals surface area (Å²) in [6, 6.07) is 13.8. The van der Waals surface area contributed by atoms with Crippen molar-refractivity contribution >= 4 is 38.7 Å². The van der Waals surface area contributed by atoms with Crippen molar-refractivity contribution in [2.45, 2.75) is 0 Å². The lowest BCUT2D eigenvalue weighted by Crippen LogP contribution is -2.48. The first-order valence-electron chi connectivity index (χ1n) is 9.47. The smallest absolute Gasteiger partial charge is 0.246 e. The van der Waals surface area contributed by atoms with E-state index in [1.54, 1.807) is 31.6 Å². The maximum Gasteiger partial charge on any atom is 0.246 e. The summed E-state index contributed by atoms with van der Waals surface area (Å²) in [6.07, 6.45) is 3.43. The Balaban J connectivity index is 1.37. The molecule has 0 N–H and O–H groups in total. The highest BCUT2D eigenvalue weighted by atomic mass is 32.1. The first-order valence-corrected chi connectivity index (χ1v) is 10.3. The van der Waals surface area contributed by atoms with Crippen molar-refractivity contribution in [2.75, 3.05) is 45.3 Å². The number of carbonyl (C=O) groups excluding carboxylic acids is 1. The normalized spacial score (nSPS) is 14.6. The van der Waals surface area contributed by atoms with E-state index in [-0.39, 0.29) is 5.91 Å². The van der Waals surface area contributed by atoms with E-state index in [9.17, 15) is 4.79 Å². The number of methoxy groups -OCH3 is 2. The van der Waals surface area contributed by atoms with E-state index in [1.807, 2.05) is 47.4 Å². The largest absolute Gasteiger partial charge is 0.493 e. The number of para-hydroxylation sites is 1. The molecule has 0 bridgehead atoms. The van der Waals surface area contributed by atoms with Gasteiger partial charge in [0.15, 0.2) is 16.6 Å². The topological polar surface area (TPSA) is 54.9 Å². The van der Waals surface area contributed by atoms with Gasteiger partial charge in [-0.2, -0.15) is 0 Å². The van der Waals surface area contributed by atoms with Gasteiger partial charge < -0.3 is 19.3 Å². The van der Waals surface area contributed by atoms with Crippen molar-refractivity contribution in [3.8, 4) is 11.5 Å². The summed E-state index contributed by atoms with van der Waals surface area (Å²) in [4.78, 5) is 21.4. The third-order valence-corrected chi connectivity index (χ3v) is 6.07. The van der Waals surface area contributed by atoms with Gasteiger partial charge in [0, 0.05) is 32.3 Å². The molecule has 1 amide bonds. The van der Waals surface area contributed by atoms with E-state index in [0.29, 0.717) is 24.6 Å². The van der Waals surface area contributed by atoms with Crippen LogP contribution in [-0.2, 0) is 4.79 Å². The molecule has 150 valence electrons. The van der Waals surface area contributed by atoms with Gasteiger partial charge in [-0.15, -0.1) is 0 Å². The molecule has 7 heteroatoms. The van der Waals surface area contributed by atoms with Crippen molar-refractivity contribution in [3.63, 3.8) is 0 Å². The molecule has 1 aliphatic rings. The molecule has 0 aliphatic carbocycles. The summed E-state index contributed by atoms with van der Waals surface area (Å²) in [5.41, 5.74) is 1.92. The number of thiazole rings is 1. The van der Waals surface area contributed by atoms with Gasteiger partial charge in [-0.1, -0.05) is 29.5 Å². The van der Waals surface area contributed by atoms with Gasteiger partial charge in [0.25, 0.3) is 0 Å². The Labute approximate surface area is 174 Å². The molecule has 1 saturated heterocycles. The second kappa shape index (κ2) is 8.53. The molecular weight excluding hydrogens is 386 g/mol. The molecule has 1 aromatic heterocycles. The van der Waals surface area contributed by atoms with Crippen molar-refractivity contribution in [2.24, 2.45) is 0 Å². The third kappa shape index (κ3) is 4.19. The molecule has 1 aliphatic heterocycles. The summed E-state index contributed by atoms with van der Waals surface area (Å²) >= 11 is 1.70. The Morgan fingerprint density at radius 2 is 1.79 bits per heavy atom. The number of hydrogen-bond donors (Lipinski definition) is 0. The lowest BCUT2D eigenvalue weighted by molar-refractivity contribution is -0.126. The molecule has 2 heterocycles. The minimum absolute atomic E-state index is 0.0173. The van der Waals surface area contributed by atoms with Crippen LogP contribution in [0.3, 0.4) is 0 Å². The molecular formula is C22H23N3O3S. The monoisotopic (exact) mass is 409 g/mol. The number of piperazine rings is 1. The zero-order valence-electron chi connectivity index (χ0n) is 16.5. The van der Waals surface area contributed by atoms with Crippen molar-refractivity contribution < 1.29 is 14.3 Å². The zero-order valence-corrected chi connectivity index (χ0v) is 17.3. The van der Waals surface area contributed by atoms with Crippen molar-refractivity contribution in [1.29, 1.82) is 0 Å². The Hall–Kier alpha value is -3.06. The Kier molecular flexibility index (Phi) is 5.67. The van der Waals surface area contributed by atoms with E-state index in [0.717, 1.165) is 29.3 Å². The fourth-order valence-corrected chi connectivity index (χ4v) is 4.36. The molecule has 0 spiro atoms. The number of hydrogen-bond acceptors (Lipinski definition) is 6. The summed E-state index contributed by atoms with van der Waals surface area (Å²) in [7, 11) is 3.20. The molecule has 2 aromatic carbocycles. The molecule has 3 aromatic rings. The average molecular weight is 410 g/mol. The van der Waals surface area contributed by atoms with Gasteiger partial charge in [0.1, 0.15) is 0 Å². The third-order valence-electron chi connectivity index (χ3n) is 4.97. The number of carbonyl (C=O) groups is 1. The summed E-state index contributed by atoms with van der Waals surface area (Å²) in [5.74, 6) is 1.33. The van der Waals surface area contributed by atoms with Gasteiger partial charge >= 0.3 is 0 Å². The van der Waals surface area contributed by atoms with Gasteiger partial charge in [0.2, 0.25) is 5.91 Å². The number of ether oxygens (including phenoxy) is 2. The van der Waals surface area contributed by atoms with E-state index in [4.69, 9.17) is 14.5 Å². The lowest BCUT2D eigenvalue weighted by Gasteiger charge is -2.34. The van der Waals surface area contributed by atoms with Crippen LogP contribution in [0, 0.1) is 0 Å². The molecule has 29 heavy (non-hydrogen) atoms.